The molecule has 2 aliphatic heterocycles. The van der Waals surface area contributed by atoms with Gasteiger partial charge in [0, 0.05) is 30.7 Å². The van der Waals surface area contributed by atoms with Crippen LogP contribution in [0.2, 0.25) is 5.02 Å². The van der Waals surface area contributed by atoms with Gasteiger partial charge in [0.15, 0.2) is 0 Å². The number of amides is 2. The number of nitrogens with zero attached hydrogens (tertiary/aromatic N) is 2. The number of hydrogen-bond acceptors (Lipinski definition) is 3. The molecule has 1 fully saturated rings. The quantitative estimate of drug-likeness (QED) is 0.850. The Morgan fingerprint density at radius 1 is 1.25 bits per heavy atom. The van der Waals surface area contributed by atoms with Gasteiger partial charge in [-0.1, -0.05) is 17.7 Å². The van der Waals surface area contributed by atoms with Gasteiger partial charge in [0.2, 0.25) is 0 Å². The highest BCUT2D eigenvalue weighted by Crippen LogP contribution is 2.34. The molecule has 1 saturated heterocycles. The lowest BCUT2D eigenvalue weighted by Gasteiger charge is -2.46. The Morgan fingerprint density at radius 2 is 2.07 bits per heavy atom. The van der Waals surface area contributed by atoms with Crippen molar-refractivity contribution in [2.24, 2.45) is 0 Å². The number of fused-ring (bicyclic) bond motifs is 2. The summed E-state index contributed by atoms with van der Waals surface area (Å²) in [6.07, 6.45) is 3.09. The minimum atomic E-state index is -0.417. The maximum atomic E-state index is 13.2. The summed E-state index contributed by atoms with van der Waals surface area (Å²) in [5.41, 5.74) is 2.51. The van der Waals surface area contributed by atoms with Crippen molar-refractivity contribution in [2.75, 3.05) is 18.5 Å². The second-order valence-electron chi connectivity index (χ2n) is 7.24. The highest BCUT2D eigenvalue weighted by molar-refractivity contribution is 6.31. The molecular formula is C21H21ClFN3O2. The zero-order valence-corrected chi connectivity index (χ0v) is 16.3. The highest BCUT2D eigenvalue weighted by Gasteiger charge is 2.37. The van der Waals surface area contributed by atoms with Gasteiger partial charge in [0.05, 0.1) is 11.3 Å². The molecule has 28 heavy (non-hydrogen) atoms. The minimum absolute atomic E-state index is 0.0304. The van der Waals surface area contributed by atoms with Crippen molar-refractivity contribution in [2.45, 2.75) is 32.0 Å². The largest absolute Gasteiger partial charge is 0.354 e. The molecule has 0 aromatic heterocycles. The predicted octanol–water partition coefficient (Wildman–Crippen LogP) is 3.81. The summed E-state index contributed by atoms with van der Waals surface area (Å²) in [4.78, 5) is 29.4. The van der Waals surface area contributed by atoms with Crippen LogP contribution >= 0.6 is 11.6 Å². The maximum Gasteiger partial charge on any atom is 0.257 e. The molecule has 0 spiro atoms. The number of rotatable bonds is 3. The van der Waals surface area contributed by atoms with E-state index < -0.39 is 5.82 Å². The van der Waals surface area contributed by atoms with Crippen LogP contribution in [0.3, 0.4) is 0 Å². The average molecular weight is 402 g/mol. The Bertz CT molecular complexity index is 949. The summed E-state index contributed by atoms with van der Waals surface area (Å²) in [5, 5.41) is 3.08. The van der Waals surface area contributed by atoms with E-state index >= 15 is 0 Å². The van der Waals surface area contributed by atoms with Crippen LogP contribution in [-0.2, 0) is 6.54 Å². The van der Waals surface area contributed by atoms with E-state index in [1.165, 1.54) is 12.1 Å². The molecule has 0 saturated carbocycles. The monoisotopic (exact) mass is 401 g/mol. The minimum Gasteiger partial charge on any atom is -0.354 e. The first-order valence-electron chi connectivity index (χ1n) is 9.35. The van der Waals surface area contributed by atoms with Crippen LogP contribution < -0.4 is 10.2 Å². The molecule has 146 valence electrons. The van der Waals surface area contributed by atoms with Gasteiger partial charge in [-0.3, -0.25) is 9.59 Å². The fraction of sp³-hybridized carbons (Fsp3) is 0.333. The molecule has 0 radical (unpaired) electrons. The van der Waals surface area contributed by atoms with Crippen LogP contribution in [0.15, 0.2) is 36.4 Å². The third-order valence-corrected chi connectivity index (χ3v) is 5.86. The van der Waals surface area contributed by atoms with Gasteiger partial charge in [-0.2, -0.15) is 0 Å². The molecule has 0 aliphatic carbocycles. The second kappa shape index (κ2) is 7.43. The third-order valence-electron chi connectivity index (χ3n) is 5.50. The standard InChI is InChI=1S/C21H21ClFN3O2/c1-25-18-10-13(20(27)24-12-14-5-7-15(23)11-17(14)22)6-8-16(18)21(28)26-9-3-2-4-19(25)26/h5-8,10-11,19H,2-4,9,12H2,1H3,(H,24,27)/t19-/m1/s1. The van der Waals surface area contributed by atoms with E-state index in [0.717, 1.165) is 31.5 Å². The van der Waals surface area contributed by atoms with Crippen molar-refractivity contribution in [3.63, 3.8) is 0 Å². The summed E-state index contributed by atoms with van der Waals surface area (Å²) in [7, 11) is 1.97. The first kappa shape index (κ1) is 18.7. The Morgan fingerprint density at radius 3 is 2.86 bits per heavy atom. The van der Waals surface area contributed by atoms with Crippen molar-refractivity contribution < 1.29 is 14.0 Å². The van der Waals surface area contributed by atoms with Crippen molar-refractivity contribution in [3.8, 4) is 0 Å². The van der Waals surface area contributed by atoms with E-state index in [2.05, 4.69) is 10.2 Å². The Labute approximate surface area is 168 Å². The first-order valence-corrected chi connectivity index (χ1v) is 9.73. The van der Waals surface area contributed by atoms with Crippen molar-refractivity contribution in [1.29, 1.82) is 0 Å². The van der Waals surface area contributed by atoms with Gasteiger partial charge in [0.1, 0.15) is 12.0 Å². The number of anilines is 1. The molecule has 2 amide bonds. The van der Waals surface area contributed by atoms with Crippen LogP contribution in [0.4, 0.5) is 10.1 Å². The van der Waals surface area contributed by atoms with Crippen molar-refractivity contribution in [3.05, 3.63) is 63.9 Å². The molecule has 7 heteroatoms. The molecule has 2 aromatic carbocycles. The third kappa shape index (κ3) is 3.33. The molecule has 2 heterocycles. The number of hydrogen-bond donors (Lipinski definition) is 1. The van der Waals surface area contributed by atoms with Gasteiger partial charge in [-0.05, 0) is 55.2 Å². The summed E-state index contributed by atoms with van der Waals surface area (Å²) < 4.78 is 13.2. The summed E-state index contributed by atoms with van der Waals surface area (Å²) in [6, 6.07) is 9.23. The van der Waals surface area contributed by atoms with Crippen LogP contribution in [0, 0.1) is 5.82 Å². The molecule has 2 aliphatic rings. The average Bonchev–Trinajstić information content (AvgIpc) is 2.71. The Hall–Kier alpha value is -2.60. The van der Waals surface area contributed by atoms with E-state index in [9.17, 15) is 14.0 Å². The van der Waals surface area contributed by atoms with Gasteiger partial charge < -0.3 is 15.1 Å². The smallest absolute Gasteiger partial charge is 0.257 e. The molecule has 0 bridgehead atoms. The molecule has 1 N–H and O–H groups in total. The zero-order chi connectivity index (χ0) is 19.8. The molecular weight excluding hydrogens is 381 g/mol. The highest BCUT2D eigenvalue weighted by atomic mass is 35.5. The lowest BCUT2D eigenvalue weighted by molar-refractivity contribution is 0.0589. The lowest BCUT2D eigenvalue weighted by atomic mass is 9.97. The maximum absolute atomic E-state index is 13.2. The summed E-state index contributed by atoms with van der Waals surface area (Å²) >= 11 is 6.01. The number of piperidine rings is 1. The van der Waals surface area contributed by atoms with E-state index in [1.807, 2.05) is 11.9 Å². The number of carbonyl (C=O) groups is 2. The van der Waals surface area contributed by atoms with Crippen LogP contribution in [0.5, 0.6) is 0 Å². The van der Waals surface area contributed by atoms with E-state index in [0.29, 0.717) is 16.7 Å². The normalized spacial score (nSPS) is 18.5. The van der Waals surface area contributed by atoms with Crippen LogP contribution in [-0.4, -0.2) is 36.5 Å². The number of halogens is 2. The molecule has 5 nitrogen and oxygen atoms in total. The number of carbonyl (C=O) groups excluding carboxylic acids is 2. The first-order chi connectivity index (χ1) is 13.5. The van der Waals surface area contributed by atoms with Crippen molar-refractivity contribution >= 4 is 29.1 Å². The topological polar surface area (TPSA) is 52.7 Å². The molecule has 0 unspecified atom stereocenters. The van der Waals surface area contributed by atoms with Crippen molar-refractivity contribution in [1.82, 2.24) is 10.2 Å². The van der Waals surface area contributed by atoms with Gasteiger partial charge >= 0.3 is 0 Å². The van der Waals surface area contributed by atoms with Crippen LogP contribution in [0.1, 0.15) is 45.5 Å². The SMILES string of the molecule is CN1c2cc(C(=O)NCc3ccc(F)cc3Cl)ccc2C(=O)N2CCCC[C@@H]21. The fourth-order valence-corrected chi connectivity index (χ4v) is 4.19. The van der Waals surface area contributed by atoms with E-state index in [-0.39, 0.29) is 29.5 Å². The fourth-order valence-electron chi connectivity index (χ4n) is 3.96. The summed E-state index contributed by atoms with van der Waals surface area (Å²) in [5.74, 6) is -0.655. The van der Waals surface area contributed by atoms with Gasteiger partial charge in [-0.15, -0.1) is 0 Å². The Balaban J connectivity index is 1.54. The molecule has 1 atom stereocenters. The number of benzene rings is 2. The van der Waals surface area contributed by atoms with E-state index in [4.69, 9.17) is 11.6 Å². The van der Waals surface area contributed by atoms with Gasteiger partial charge in [-0.25, -0.2) is 4.39 Å². The number of nitrogens with one attached hydrogen (secondary N) is 1. The predicted molar refractivity (Wildman–Crippen MR) is 106 cm³/mol. The van der Waals surface area contributed by atoms with E-state index in [1.54, 1.807) is 24.3 Å². The Kier molecular flexibility index (Phi) is 4.98. The molecule has 4 rings (SSSR count). The second-order valence-corrected chi connectivity index (χ2v) is 7.64. The lowest BCUT2D eigenvalue weighted by Crippen LogP contribution is -2.55. The molecule has 2 aromatic rings. The van der Waals surface area contributed by atoms with Gasteiger partial charge in [0.25, 0.3) is 11.8 Å². The zero-order valence-electron chi connectivity index (χ0n) is 15.5. The van der Waals surface area contributed by atoms with Crippen LogP contribution in [0.25, 0.3) is 0 Å². The summed E-state index contributed by atoms with van der Waals surface area (Å²) in [6.45, 7) is 0.966.